The minimum atomic E-state index is 0.845. The van der Waals surface area contributed by atoms with Crippen LogP contribution in [0.3, 0.4) is 0 Å². The zero-order valence-corrected chi connectivity index (χ0v) is 11.0. The summed E-state index contributed by atoms with van der Waals surface area (Å²) in [6, 6.07) is 0. The molecule has 0 aliphatic carbocycles. The molecule has 0 rings (SSSR count). The van der Waals surface area contributed by atoms with Gasteiger partial charge in [-0.3, -0.25) is 4.79 Å². The largest absolute Gasteiger partial charge is 0.299 e. The van der Waals surface area contributed by atoms with Crippen LogP contribution in [0.25, 0.3) is 0 Å². The first kappa shape index (κ1) is 16.6. The van der Waals surface area contributed by atoms with E-state index in [-0.39, 0.29) is 0 Å². The molecule has 0 aromatic carbocycles. The Bertz CT molecular complexity index is 193. The molecule has 0 atom stereocenters. The normalized spacial score (nSPS) is 10.1. The number of rotatable bonds is 5. The Labute approximate surface area is 95.3 Å². The molecule has 0 spiro atoms. The Morgan fingerprint density at radius 1 is 1.07 bits per heavy atom. The van der Waals surface area contributed by atoms with Gasteiger partial charge in [0.05, 0.1) is 0 Å². The second-order valence-electron chi connectivity index (χ2n) is 3.97. The Hall–Kier alpha value is -0.850. The van der Waals surface area contributed by atoms with Crippen molar-refractivity contribution in [3.63, 3.8) is 0 Å². The van der Waals surface area contributed by atoms with E-state index in [0.29, 0.717) is 0 Å². The molecule has 0 aliphatic rings. The van der Waals surface area contributed by atoms with Crippen molar-refractivity contribution in [2.45, 2.75) is 60.3 Å². The molecule has 0 fully saturated rings. The van der Waals surface area contributed by atoms with E-state index in [0.717, 1.165) is 24.7 Å². The van der Waals surface area contributed by atoms with Gasteiger partial charge >= 0.3 is 0 Å². The number of allylic oxidation sites excluding steroid dienone is 4. The number of hydrogen-bond acceptors (Lipinski definition) is 1. The van der Waals surface area contributed by atoms with Crippen molar-refractivity contribution in [1.82, 2.24) is 0 Å². The first-order valence-corrected chi connectivity index (χ1v) is 5.82. The quantitative estimate of drug-likeness (QED) is 0.365. The maximum Gasteiger partial charge on any atom is 0.142 e. The zero-order chi connectivity index (χ0) is 12.1. The topological polar surface area (TPSA) is 17.1 Å². The number of hydrogen-bond donors (Lipinski definition) is 0. The fraction of sp³-hybridized carbons (Fsp3) is 0.643. The van der Waals surface area contributed by atoms with Gasteiger partial charge in [0, 0.05) is 0 Å². The van der Waals surface area contributed by atoms with Crippen molar-refractivity contribution in [1.29, 1.82) is 0 Å². The molecular weight excluding hydrogens is 184 g/mol. The minimum absolute atomic E-state index is 0.845. The molecule has 0 aromatic heterocycles. The summed E-state index contributed by atoms with van der Waals surface area (Å²) in [6.07, 6.45) is 9.32. The van der Waals surface area contributed by atoms with E-state index in [2.05, 4.69) is 33.8 Å². The maximum atomic E-state index is 10.0. The van der Waals surface area contributed by atoms with Crippen LogP contribution in [0.15, 0.2) is 23.3 Å². The average Bonchev–Trinajstić information content (AvgIpc) is 2.18. The molecule has 1 heteroatoms. The summed E-state index contributed by atoms with van der Waals surface area (Å²) in [5, 5.41) is 0. The second kappa shape index (κ2) is 13.2. The number of unbranched alkanes of at least 4 members (excludes halogenated alkanes) is 1. The molecule has 0 saturated carbocycles. The lowest BCUT2D eigenvalue weighted by Crippen LogP contribution is -1.77. The summed E-state index contributed by atoms with van der Waals surface area (Å²) >= 11 is 0. The summed E-state index contributed by atoms with van der Waals surface area (Å²) < 4.78 is 0. The summed E-state index contributed by atoms with van der Waals surface area (Å²) in [5.41, 5.74) is 2.49. The van der Waals surface area contributed by atoms with E-state index in [1.165, 1.54) is 18.4 Å². The third kappa shape index (κ3) is 19.5. The first-order valence-electron chi connectivity index (χ1n) is 5.82. The third-order valence-corrected chi connectivity index (χ3v) is 1.94. The highest BCUT2D eigenvalue weighted by Crippen LogP contribution is 2.05. The molecule has 0 heterocycles. The monoisotopic (exact) mass is 210 g/mol. The van der Waals surface area contributed by atoms with Crippen molar-refractivity contribution >= 4 is 6.29 Å². The predicted molar refractivity (Wildman–Crippen MR) is 69.1 cm³/mol. The molecule has 15 heavy (non-hydrogen) atoms. The lowest BCUT2D eigenvalue weighted by molar-refractivity contribution is -0.104. The minimum Gasteiger partial charge on any atom is -0.299 e. The smallest absolute Gasteiger partial charge is 0.142 e. The molecule has 0 N–H and O–H groups in total. The van der Waals surface area contributed by atoms with Crippen molar-refractivity contribution in [2.75, 3.05) is 0 Å². The van der Waals surface area contributed by atoms with Crippen LogP contribution in [0, 0.1) is 0 Å². The van der Waals surface area contributed by atoms with Gasteiger partial charge in [-0.25, -0.2) is 0 Å². The van der Waals surface area contributed by atoms with Crippen LogP contribution < -0.4 is 0 Å². The lowest BCUT2D eigenvalue weighted by Gasteiger charge is -1.94. The number of carbonyl (C=O) groups excluding carboxylic acids is 1. The Balaban J connectivity index is 0. The summed E-state index contributed by atoms with van der Waals surface area (Å²) in [6.45, 7) is 10.5. The van der Waals surface area contributed by atoms with Gasteiger partial charge in [0.2, 0.25) is 0 Å². The van der Waals surface area contributed by atoms with Crippen molar-refractivity contribution in [3.8, 4) is 0 Å². The third-order valence-electron chi connectivity index (χ3n) is 1.94. The van der Waals surface area contributed by atoms with E-state index in [9.17, 15) is 4.79 Å². The van der Waals surface area contributed by atoms with Gasteiger partial charge in [0.25, 0.3) is 0 Å². The molecule has 0 radical (unpaired) electrons. The van der Waals surface area contributed by atoms with Crippen LogP contribution >= 0.6 is 0 Å². The van der Waals surface area contributed by atoms with Crippen LogP contribution in [0.2, 0.25) is 0 Å². The van der Waals surface area contributed by atoms with Gasteiger partial charge in [0.1, 0.15) is 6.29 Å². The SMILES string of the molecule is CC(C)=CCC/C(C)=C/C=O.CCCC. The number of carbonyl (C=O) groups is 1. The van der Waals surface area contributed by atoms with E-state index >= 15 is 0 Å². The molecule has 0 amide bonds. The van der Waals surface area contributed by atoms with Crippen molar-refractivity contribution in [2.24, 2.45) is 0 Å². The fourth-order valence-electron chi connectivity index (χ4n) is 0.788. The van der Waals surface area contributed by atoms with Gasteiger partial charge < -0.3 is 0 Å². The fourth-order valence-corrected chi connectivity index (χ4v) is 0.788. The van der Waals surface area contributed by atoms with Crippen LogP contribution in [-0.2, 0) is 4.79 Å². The molecule has 0 aliphatic heterocycles. The van der Waals surface area contributed by atoms with Gasteiger partial charge in [-0.2, -0.15) is 0 Å². The van der Waals surface area contributed by atoms with Crippen LogP contribution in [0.5, 0.6) is 0 Å². The Kier molecular flexibility index (Phi) is 14.5. The molecular formula is C14H26O. The van der Waals surface area contributed by atoms with Gasteiger partial charge in [-0.15, -0.1) is 0 Å². The highest BCUT2D eigenvalue weighted by Gasteiger charge is 1.86. The molecule has 0 aromatic rings. The van der Waals surface area contributed by atoms with E-state index in [4.69, 9.17) is 0 Å². The first-order chi connectivity index (χ1) is 7.08. The summed E-state index contributed by atoms with van der Waals surface area (Å²) in [5.74, 6) is 0. The molecule has 0 unspecified atom stereocenters. The van der Waals surface area contributed by atoms with Gasteiger partial charge in [-0.05, 0) is 39.7 Å². The molecule has 0 saturated heterocycles. The molecule has 0 bridgehead atoms. The van der Waals surface area contributed by atoms with Gasteiger partial charge in [-0.1, -0.05) is 43.9 Å². The molecule has 1 nitrogen and oxygen atoms in total. The standard InChI is InChI=1S/C10H16O.C4H10/c1-9(2)5-4-6-10(3)7-8-11;1-3-4-2/h5,7-8H,4,6H2,1-3H3;3-4H2,1-2H3/b10-7+;. The highest BCUT2D eigenvalue weighted by molar-refractivity contribution is 5.65. The zero-order valence-electron chi connectivity index (χ0n) is 11.0. The van der Waals surface area contributed by atoms with Crippen LogP contribution in [0.1, 0.15) is 60.3 Å². The lowest BCUT2D eigenvalue weighted by atomic mass is 10.1. The predicted octanol–water partition coefficient (Wildman–Crippen LogP) is 4.68. The Morgan fingerprint density at radius 3 is 1.93 bits per heavy atom. The van der Waals surface area contributed by atoms with Crippen molar-refractivity contribution in [3.05, 3.63) is 23.3 Å². The summed E-state index contributed by atoms with van der Waals surface area (Å²) in [4.78, 5) is 10.0. The maximum absolute atomic E-state index is 10.0. The number of aldehydes is 1. The highest BCUT2D eigenvalue weighted by atomic mass is 16.1. The van der Waals surface area contributed by atoms with E-state index < -0.39 is 0 Å². The van der Waals surface area contributed by atoms with E-state index in [1.807, 2.05) is 6.92 Å². The summed E-state index contributed by atoms with van der Waals surface area (Å²) in [7, 11) is 0. The van der Waals surface area contributed by atoms with E-state index in [1.54, 1.807) is 6.08 Å². The molecule has 88 valence electrons. The second-order valence-corrected chi connectivity index (χ2v) is 3.97. The van der Waals surface area contributed by atoms with Crippen LogP contribution in [-0.4, -0.2) is 6.29 Å². The average molecular weight is 210 g/mol. The van der Waals surface area contributed by atoms with Crippen LogP contribution in [0.4, 0.5) is 0 Å². The van der Waals surface area contributed by atoms with Gasteiger partial charge in [0.15, 0.2) is 0 Å². The Morgan fingerprint density at radius 2 is 1.60 bits per heavy atom. The van der Waals surface area contributed by atoms with Crippen molar-refractivity contribution < 1.29 is 4.79 Å².